The summed E-state index contributed by atoms with van der Waals surface area (Å²) in [6.45, 7) is 1.79. The maximum absolute atomic E-state index is 12.6. The number of morpholine rings is 1. The molecule has 2 heterocycles. The van der Waals surface area contributed by atoms with E-state index in [2.05, 4.69) is 28.5 Å². The summed E-state index contributed by atoms with van der Waals surface area (Å²) in [5.74, 6) is 2.35. The Kier molecular flexibility index (Phi) is 6.98. The molecule has 0 N–H and O–H groups in total. The van der Waals surface area contributed by atoms with E-state index in [1.54, 1.807) is 23.1 Å². The summed E-state index contributed by atoms with van der Waals surface area (Å²) in [5, 5.41) is -0.443. The van der Waals surface area contributed by atoms with Gasteiger partial charge in [0.2, 0.25) is 5.91 Å². The van der Waals surface area contributed by atoms with E-state index in [0.29, 0.717) is 32.1 Å². The number of carbonyl (C=O) groups is 3. The predicted octanol–water partition coefficient (Wildman–Crippen LogP) is 2.20. The highest BCUT2D eigenvalue weighted by molar-refractivity contribution is 14.1. The SMILES string of the molecule is C#CCOc1ccc(/C=C2/SC(=O)N(CC(=O)N3CCOCC3)C2=O)cc1I. The second-order valence-corrected chi connectivity index (χ2v) is 8.10. The third-order valence-corrected chi connectivity index (χ3v) is 5.85. The number of halogens is 1. The number of terminal acetylenes is 1. The van der Waals surface area contributed by atoms with Gasteiger partial charge in [0.1, 0.15) is 18.9 Å². The lowest BCUT2D eigenvalue weighted by Crippen LogP contribution is -2.46. The van der Waals surface area contributed by atoms with Crippen molar-refractivity contribution in [2.75, 3.05) is 39.5 Å². The van der Waals surface area contributed by atoms with E-state index in [-0.39, 0.29) is 24.0 Å². The van der Waals surface area contributed by atoms with Gasteiger partial charge in [0.05, 0.1) is 21.7 Å². The molecular formula is C19H17IN2O5S. The number of rotatable bonds is 5. The van der Waals surface area contributed by atoms with E-state index in [1.165, 1.54) is 0 Å². The van der Waals surface area contributed by atoms with Crippen LogP contribution < -0.4 is 4.74 Å². The summed E-state index contributed by atoms with van der Waals surface area (Å²) in [6.07, 6.45) is 6.83. The van der Waals surface area contributed by atoms with Gasteiger partial charge in [-0.05, 0) is 58.1 Å². The quantitative estimate of drug-likeness (QED) is 0.342. The Morgan fingerprint density at radius 3 is 2.79 bits per heavy atom. The van der Waals surface area contributed by atoms with Gasteiger partial charge in [-0.2, -0.15) is 0 Å². The van der Waals surface area contributed by atoms with Crippen molar-refractivity contribution in [2.45, 2.75) is 0 Å². The fourth-order valence-electron chi connectivity index (χ4n) is 2.68. The lowest BCUT2D eigenvalue weighted by molar-refractivity contribution is -0.139. The summed E-state index contributed by atoms with van der Waals surface area (Å²) in [5.41, 5.74) is 0.752. The van der Waals surface area contributed by atoms with Crippen molar-refractivity contribution in [1.82, 2.24) is 9.80 Å². The maximum Gasteiger partial charge on any atom is 0.294 e. The van der Waals surface area contributed by atoms with Crippen molar-refractivity contribution in [3.05, 3.63) is 32.2 Å². The lowest BCUT2D eigenvalue weighted by Gasteiger charge is -2.28. The minimum Gasteiger partial charge on any atom is -0.480 e. The van der Waals surface area contributed by atoms with Crippen LogP contribution in [0.25, 0.3) is 6.08 Å². The molecule has 2 fully saturated rings. The molecule has 28 heavy (non-hydrogen) atoms. The molecule has 0 atom stereocenters. The molecule has 0 aromatic heterocycles. The number of thioether (sulfide) groups is 1. The standard InChI is InChI=1S/C19H17IN2O5S/c1-2-7-27-15-4-3-13(10-14(15)20)11-16-18(24)22(19(25)28-16)12-17(23)21-5-8-26-9-6-21/h1,3-4,10-11H,5-9,12H2/b16-11+. The Balaban J connectivity index is 1.69. The first-order valence-corrected chi connectivity index (χ1v) is 10.4. The summed E-state index contributed by atoms with van der Waals surface area (Å²) in [4.78, 5) is 40.1. The van der Waals surface area contributed by atoms with Gasteiger partial charge in [-0.1, -0.05) is 12.0 Å². The fraction of sp³-hybridized carbons (Fsp3) is 0.316. The van der Waals surface area contributed by atoms with Gasteiger partial charge in [-0.15, -0.1) is 6.42 Å². The smallest absolute Gasteiger partial charge is 0.294 e. The van der Waals surface area contributed by atoms with Gasteiger partial charge >= 0.3 is 0 Å². The van der Waals surface area contributed by atoms with Crippen molar-refractivity contribution in [3.63, 3.8) is 0 Å². The van der Waals surface area contributed by atoms with Crippen LogP contribution in [0.1, 0.15) is 5.56 Å². The molecule has 3 amide bonds. The van der Waals surface area contributed by atoms with Gasteiger partial charge < -0.3 is 14.4 Å². The third-order valence-electron chi connectivity index (χ3n) is 4.10. The zero-order valence-corrected chi connectivity index (χ0v) is 17.8. The first-order valence-electron chi connectivity index (χ1n) is 8.46. The highest BCUT2D eigenvalue weighted by Crippen LogP contribution is 2.33. The summed E-state index contributed by atoms with van der Waals surface area (Å²) in [7, 11) is 0. The van der Waals surface area contributed by atoms with Crippen molar-refractivity contribution in [2.24, 2.45) is 0 Å². The number of benzene rings is 1. The highest BCUT2D eigenvalue weighted by Gasteiger charge is 2.37. The van der Waals surface area contributed by atoms with Crippen LogP contribution in [0.5, 0.6) is 5.75 Å². The van der Waals surface area contributed by atoms with Gasteiger partial charge in [-0.25, -0.2) is 0 Å². The molecule has 146 valence electrons. The van der Waals surface area contributed by atoms with Gasteiger partial charge in [0, 0.05) is 13.1 Å². The van der Waals surface area contributed by atoms with Crippen molar-refractivity contribution >= 4 is 57.5 Å². The van der Waals surface area contributed by atoms with Gasteiger partial charge in [0.15, 0.2) is 0 Å². The number of ether oxygens (including phenoxy) is 2. The average molecular weight is 512 g/mol. The molecule has 3 rings (SSSR count). The number of amides is 3. The van der Waals surface area contributed by atoms with Crippen LogP contribution in [0, 0.1) is 15.9 Å². The van der Waals surface area contributed by atoms with Crippen LogP contribution in [-0.4, -0.2) is 66.3 Å². The molecule has 0 saturated carbocycles. The van der Waals surface area contributed by atoms with Crippen LogP contribution in [0.15, 0.2) is 23.1 Å². The average Bonchev–Trinajstić information content (AvgIpc) is 2.95. The number of carbonyl (C=O) groups excluding carboxylic acids is 3. The summed E-state index contributed by atoms with van der Waals surface area (Å²) < 4.78 is 11.5. The summed E-state index contributed by atoms with van der Waals surface area (Å²) >= 11 is 2.95. The minimum atomic E-state index is -0.459. The molecule has 0 aliphatic carbocycles. The molecule has 1 aromatic carbocycles. The predicted molar refractivity (Wildman–Crippen MR) is 114 cm³/mol. The molecule has 0 radical (unpaired) electrons. The van der Waals surface area contributed by atoms with E-state index in [0.717, 1.165) is 25.8 Å². The Hall–Kier alpha value is -2.03. The van der Waals surface area contributed by atoms with E-state index in [9.17, 15) is 14.4 Å². The molecule has 0 unspecified atom stereocenters. The lowest BCUT2D eigenvalue weighted by atomic mass is 10.2. The van der Waals surface area contributed by atoms with E-state index in [4.69, 9.17) is 15.9 Å². The van der Waals surface area contributed by atoms with E-state index in [1.807, 2.05) is 6.07 Å². The van der Waals surface area contributed by atoms with Crippen molar-refractivity contribution in [1.29, 1.82) is 0 Å². The van der Waals surface area contributed by atoms with E-state index >= 15 is 0 Å². The molecule has 9 heteroatoms. The Morgan fingerprint density at radius 1 is 1.36 bits per heavy atom. The topological polar surface area (TPSA) is 76.2 Å². The normalized spacial score (nSPS) is 18.5. The number of hydrogen-bond acceptors (Lipinski definition) is 6. The molecule has 2 saturated heterocycles. The first-order chi connectivity index (χ1) is 13.5. The summed E-state index contributed by atoms with van der Waals surface area (Å²) in [6, 6.07) is 5.37. The van der Waals surface area contributed by atoms with Crippen molar-refractivity contribution < 1.29 is 23.9 Å². The molecular weight excluding hydrogens is 495 g/mol. The Morgan fingerprint density at radius 2 is 2.11 bits per heavy atom. The number of nitrogens with zero attached hydrogens (tertiary/aromatic N) is 2. The van der Waals surface area contributed by atoms with Crippen LogP contribution in [0.2, 0.25) is 0 Å². The maximum atomic E-state index is 12.6. The minimum absolute atomic E-state index is 0.172. The van der Waals surface area contributed by atoms with Crippen LogP contribution in [-0.2, 0) is 14.3 Å². The first kappa shape index (κ1) is 20.7. The van der Waals surface area contributed by atoms with Crippen molar-refractivity contribution in [3.8, 4) is 18.1 Å². The van der Waals surface area contributed by atoms with Gasteiger partial charge in [0.25, 0.3) is 11.1 Å². The number of imide groups is 1. The largest absolute Gasteiger partial charge is 0.480 e. The molecule has 0 spiro atoms. The zero-order valence-electron chi connectivity index (χ0n) is 14.9. The van der Waals surface area contributed by atoms with Crippen LogP contribution in [0.4, 0.5) is 4.79 Å². The molecule has 2 aliphatic heterocycles. The molecule has 0 bridgehead atoms. The third kappa shape index (κ3) is 4.87. The fourth-order valence-corrected chi connectivity index (χ4v) is 4.21. The molecule has 1 aromatic rings. The number of hydrogen-bond donors (Lipinski definition) is 0. The Labute approximate surface area is 180 Å². The highest BCUT2D eigenvalue weighted by atomic mass is 127. The van der Waals surface area contributed by atoms with E-state index < -0.39 is 11.1 Å². The second kappa shape index (κ2) is 9.45. The van der Waals surface area contributed by atoms with Gasteiger partial charge in [-0.3, -0.25) is 19.3 Å². The van der Waals surface area contributed by atoms with Crippen LogP contribution in [0.3, 0.4) is 0 Å². The molecule has 2 aliphatic rings. The second-order valence-electron chi connectivity index (χ2n) is 5.94. The Bertz CT molecular complexity index is 874. The monoisotopic (exact) mass is 512 g/mol. The molecule has 7 nitrogen and oxygen atoms in total. The van der Waals surface area contributed by atoms with Crippen LogP contribution >= 0.6 is 34.4 Å². The zero-order chi connectivity index (χ0) is 20.1.